The number of rotatable bonds is 2. The van der Waals surface area contributed by atoms with Gasteiger partial charge in [0.1, 0.15) is 5.60 Å². The minimum Gasteiger partial charge on any atom is -0.443 e. The Morgan fingerprint density at radius 3 is 2.50 bits per heavy atom. The van der Waals surface area contributed by atoms with Crippen molar-refractivity contribution in [2.24, 2.45) is 0 Å². The van der Waals surface area contributed by atoms with E-state index in [1.165, 1.54) is 4.90 Å². The van der Waals surface area contributed by atoms with Gasteiger partial charge in [-0.25, -0.2) is 4.79 Å². The molecule has 1 atom stereocenters. The minimum atomic E-state index is -4.73. The van der Waals surface area contributed by atoms with Gasteiger partial charge in [-0.1, -0.05) is 18.2 Å². The molecule has 1 aromatic carbocycles. The van der Waals surface area contributed by atoms with Crippen LogP contribution >= 0.6 is 0 Å². The van der Waals surface area contributed by atoms with E-state index in [2.05, 4.69) is 4.74 Å². The Morgan fingerprint density at radius 2 is 1.91 bits per heavy atom. The van der Waals surface area contributed by atoms with Gasteiger partial charge < -0.3 is 4.74 Å². The molecular weight excluding hydrogens is 299 g/mol. The van der Waals surface area contributed by atoms with Gasteiger partial charge in [-0.2, -0.15) is 0 Å². The zero-order valence-electron chi connectivity index (χ0n) is 12.6. The van der Waals surface area contributed by atoms with Crippen molar-refractivity contribution in [2.75, 3.05) is 11.5 Å². The molecule has 22 heavy (non-hydrogen) atoms. The fourth-order valence-corrected chi connectivity index (χ4v) is 2.34. The Morgan fingerprint density at radius 1 is 1.27 bits per heavy atom. The number of nitrogens with zero attached hydrogens (tertiary/aromatic N) is 1. The van der Waals surface area contributed by atoms with Crippen molar-refractivity contribution in [2.45, 2.75) is 45.2 Å². The van der Waals surface area contributed by atoms with Gasteiger partial charge >= 0.3 is 12.5 Å². The maximum absolute atomic E-state index is 12.3. The summed E-state index contributed by atoms with van der Waals surface area (Å²) in [6.45, 7) is 4.48. The van der Waals surface area contributed by atoms with Crippen LogP contribution in [0.1, 0.15) is 26.3 Å². The second kappa shape index (κ2) is 5.79. The highest BCUT2D eigenvalue weighted by molar-refractivity contribution is 5.91. The molecule has 0 saturated heterocycles. The topological polar surface area (TPSA) is 38.8 Å². The largest absolute Gasteiger partial charge is 0.522 e. The van der Waals surface area contributed by atoms with Gasteiger partial charge in [0.2, 0.25) is 0 Å². The molecule has 1 aliphatic rings. The molecule has 0 unspecified atom stereocenters. The number of amides is 1. The molecular formula is C15H18F3NO3. The number of hydrogen-bond donors (Lipinski definition) is 0. The van der Waals surface area contributed by atoms with Crippen molar-refractivity contribution >= 4 is 11.8 Å². The van der Waals surface area contributed by atoms with Crippen LogP contribution in [0.2, 0.25) is 0 Å². The molecule has 1 amide bonds. The average Bonchev–Trinajstić information content (AvgIpc) is 2.71. The molecule has 0 N–H and O–H groups in total. The SMILES string of the molecule is CC(C)(C)OC(=O)N1c2ccccc2C[C@H]1COC(F)(F)F. The van der Waals surface area contributed by atoms with E-state index in [-0.39, 0.29) is 0 Å². The first-order valence-electron chi connectivity index (χ1n) is 6.87. The fraction of sp³-hybridized carbons (Fsp3) is 0.533. The molecule has 1 aliphatic heterocycles. The summed E-state index contributed by atoms with van der Waals surface area (Å²) in [6.07, 6.45) is -5.10. The first kappa shape index (κ1) is 16.6. The van der Waals surface area contributed by atoms with Crippen molar-refractivity contribution in [1.29, 1.82) is 0 Å². The summed E-state index contributed by atoms with van der Waals surface area (Å²) < 4.78 is 46.0. The van der Waals surface area contributed by atoms with E-state index in [4.69, 9.17) is 4.74 Å². The molecule has 0 spiro atoms. The van der Waals surface area contributed by atoms with Crippen LogP contribution in [-0.2, 0) is 15.9 Å². The normalized spacial score (nSPS) is 18.3. The molecule has 0 aromatic heterocycles. The number of alkyl halides is 3. The van der Waals surface area contributed by atoms with E-state index in [1.54, 1.807) is 45.0 Å². The van der Waals surface area contributed by atoms with Crippen LogP contribution in [0.15, 0.2) is 24.3 Å². The Bertz CT molecular complexity index is 552. The van der Waals surface area contributed by atoms with Gasteiger partial charge in [0, 0.05) is 0 Å². The van der Waals surface area contributed by atoms with Gasteiger partial charge in [0.25, 0.3) is 0 Å². The molecule has 2 rings (SSSR count). The summed E-state index contributed by atoms with van der Waals surface area (Å²) in [4.78, 5) is 13.6. The van der Waals surface area contributed by atoms with Crippen molar-refractivity contribution in [3.05, 3.63) is 29.8 Å². The zero-order valence-corrected chi connectivity index (χ0v) is 12.6. The van der Waals surface area contributed by atoms with Crippen LogP contribution in [-0.4, -0.2) is 30.7 Å². The molecule has 0 aliphatic carbocycles. The van der Waals surface area contributed by atoms with E-state index in [9.17, 15) is 18.0 Å². The average molecular weight is 317 g/mol. The van der Waals surface area contributed by atoms with E-state index in [0.29, 0.717) is 12.1 Å². The number of fused-ring (bicyclic) bond motifs is 1. The Hall–Kier alpha value is -1.76. The van der Waals surface area contributed by atoms with Crippen LogP contribution in [0.5, 0.6) is 0 Å². The smallest absolute Gasteiger partial charge is 0.443 e. The van der Waals surface area contributed by atoms with Gasteiger partial charge in [-0.15, -0.1) is 13.2 Å². The predicted octanol–water partition coefficient (Wildman–Crippen LogP) is 3.89. The number of carbonyl (C=O) groups excluding carboxylic acids is 1. The molecule has 0 bridgehead atoms. The molecule has 1 heterocycles. The highest BCUT2D eigenvalue weighted by atomic mass is 19.4. The lowest BCUT2D eigenvalue weighted by Crippen LogP contribution is -2.44. The first-order chi connectivity index (χ1) is 10.1. The number of hydrogen-bond acceptors (Lipinski definition) is 3. The number of ether oxygens (including phenoxy) is 2. The van der Waals surface area contributed by atoms with Gasteiger partial charge in [-0.3, -0.25) is 9.64 Å². The molecule has 122 valence electrons. The van der Waals surface area contributed by atoms with Crippen LogP contribution in [0.3, 0.4) is 0 Å². The van der Waals surface area contributed by atoms with Crippen molar-refractivity contribution in [3.63, 3.8) is 0 Å². The van der Waals surface area contributed by atoms with Crippen molar-refractivity contribution in [3.8, 4) is 0 Å². The molecule has 0 radical (unpaired) electrons. The van der Waals surface area contributed by atoms with Crippen LogP contribution in [0.4, 0.5) is 23.7 Å². The molecule has 0 fully saturated rings. The number of anilines is 1. The van der Waals surface area contributed by atoms with E-state index >= 15 is 0 Å². The van der Waals surface area contributed by atoms with E-state index in [1.807, 2.05) is 0 Å². The zero-order chi connectivity index (χ0) is 16.5. The molecule has 4 nitrogen and oxygen atoms in total. The Balaban J connectivity index is 2.21. The lowest BCUT2D eigenvalue weighted by atomic mass is 10.1. The van der Waals surface area contributed by atoms with Crippen LogP contribution in [0, 0.1) is 0 Å². The number of carbonyl (C=O) groups is 1. The Labute approximate surface area is 126 Å². The predicted molar refractivity (Wildman–Crippen MR) is 74.7 cm³/mol. The summed E-state index contributed by atoms with van der Waals surface area (Å²) in [6, 6.07) is 6.23. The summed E-state index contributed by atoms with van der Waals surface area (Å²) in [7, 11) is 0. The lowest BCUT2D eigenvalue weighted by molar-refractivity contribution is -0.325. The second-order valence-electron chi connectivity index (χ2n) is 6.09. The van der Waals surface area contributed by atoms with Crippen molar-refractivity contribution in [1.82, 2.24) is 0 Å². The number of para-hydroxylation sites is 1. The lowest BCUT2D eigenvalue weighted by Gasteiger charge is -2.29. The quantitative estimate of drug-likeness (QED) is 0.830. The van der Waals surface area contributed by atoms with Gasteiger partial charge in [0.15, 0.2) is 0 Å². The second-order valence-corrected chi connectivity index (χ2v) is 6.09. The van der Waals surface area contributed by atoms with Crippen LogP contribution in [0.25, 0.3) is 0 Å². The Kier molecular flexibility index (Phi) is 4.37. The highest BCUT2D eigenvalue weighted by Crippen LogP contribution is 2.34. The maximum Gasteiger partial charge on any atom is 0.522 e. The summed E-state index contributed by atoms with van der Waals surface area (Å²) in [5.41, 5.74) is 0.626. The van der Waals surface area contributed by atoms with E-state index in [0.717, 1.165) is 5.56 Å². The third kappa shape index (κ3) is 4.13. The number of halogens is 3. The molecule has 0 saturated carbocycles. The fourth-order valence-electron chi connectivity index (χ4n) is 2.34. The summed E-state index contributed by atoms with van der Waals surface area (Å²) >= 11 is 0. The van der Waals surface area contributed by atoms with Gasteiger partial charge in [-0.05, 0) is 38.8 Å². The maximum atomic E-state index is 12.3. The third-order valence-corrected chi connectivity index (χ3v) is 3.10. The highest BCUT2D eigenvalue weighted by Gasteiger charge is 2.39. The van der Waals surface area contributed by atoms with E-state index < -0.39 is 30.7 Å². The molecule has 1 aromatic rings. The first-order valence-corrected chi connectivity index (χ1v) is 6.87. The van der Waals surface area contributed by atoms with Crippen LogP contribution < -0.4 is 4.90 Å². The third-order valence-electron chi connectivity index (χ3n) is 3.10. The monoisotopic (exact) mass is 317 g/mol. The summed E-state index contributed by atoms with van der Waals surface area (Å²) in [5, 5.41) is 0. The molecule has 7 heteroatoms. The summed E-state index contributed by atoms with van der Waals surface area (Å²) in [5.74, 6) is 0. The number of benzene rings is 1. The standard InChI is InChI=1S/C15H18F3NO3/c1-14(2,3)22-13(20)19-11(9-21-15(16,17)18)8-10-6-4-5-7-12(10)19/h4-7,11H,8-9H2,1-3H3/t11-/m0/s1. The van der Waals surface area contributed by atoms with Crippen molar-refractivity contribution < 1.29 is 27.4 Å². The van der Waals surface area contributed by atoms with Gasteiger partial charge in [0.05, 0.1) is 18.3 Å². The minimum absolute atomic E-state index is 0.297.